The molecule has 2 N–H and O–H groups in total. The van der Waals surface area contributed by atoms with Gasteiger partial charge in [0.15, 0.2) is 0 Å². The van der Waals surface area contributed by atoms with Crippen LogP contribution in [0.4, 0.5) is 11.9 Å². The minimum Gasteiger partial charge on any atom is -0.294 e. The van der Waals surface area contributed by atoms with E-state index in [1.165, 1.54) is 0 Å². The van der Waals surface area contributed by atoms with Crippen molar-refractivity contribution >= 4 is 22.8 Å². The summed E-state index contributed by atoms with van der Waals surface area (Å²) >= 11 is 0. The molecule has 0 spiro atoms. The van der Waals surface area contributed by atoms with Gasteiger partial charge < -0.3 is 0 Å². The van der Waals surface area contributed by atoms with Gasteiger partial charge >= 0.3 is 0 Å². The molecule has 0 radical (unpaired) electrons. The molecule has 7 heteroatoms. The Morgan fingerprint density at radius 2 is 1.88 bits per heavy atom. The van der Waals surface area contributed by atoms with Crippen molar-refractivity contribution in [2.45, 2.75) is 34.1 Å². The van der Waals surface area contributed by atoms with Crippen LogP contribution in [0.2, 0.25) is 0 Å². The van der Waals surface area contributed by atoms with Gasteiger partial charge in [-0.2, -0.15) is 5.26 Å². The first kappa shape index (κ1) is 16.6. The second kappa shape index (κ2) is 6.32. The van der Waals surface area contributed by atoms with Crippen LogP contribution >= 0.6 is 0 Å². The van der Waals surface area contributed by atoms with E-state index in [9.17, 15) is 4.79 Å². The number of fused-ring (bicyclic) bond motifs is 1. The molecule has 0 bridgehead atoms. The average molecular weight is 334 g/mol. The zero-order valence-corrected chi connectivity index (χ0v) is 14.6. The van der Waals surface area contributed by atoms with Crippen molar-refractivity contribution in [1.82, 2.24) is 19.9 Å². The molecule has 126 valence electrons. The van der Waals surface area contributed by atoms with Crippen LogP contribution in [0.15, 0.2) is 16.9 Å². The third-order valence-electron chi connectivity index (χ3n) is 4.03. The number of aryl methyl sites for hydroxylation is 4. The van der Waals surface area contributed by atoms with Gasteiger partial charge in [0.05, 0.1) is 35.0 Å². The molecule has 1 aromatic carbocycles. The smallest absolute Gasteiger partial charge is 0.256 e. The highest BCUT2D eigenvalue weighted by atomic mass is 16.1. The summed E-state index contributed by atoms with van der Waals surface area (Å²) in [6, 6.07) is 6.09. The van der Waals surface area contributed by atoms with Crippen LogP contribution in [-0.2, 0) is 6.42 Å². The number of nitrogens with one attached hydrogen (secondary N) is 2. The number of nitrogens with zero attached hydrogens (tertiary/aromatic N) is 4. The fourth-order valence-corrected chi connectivity index (χ4v) is 2.85. The second-order valence-corrected chi connectivity index (χ2v) is 6.05. The Labute approximate surface area is 144 Å². The van der Waals surface area contributed by atoms with Gasteiger partial charge in [-0.3, -0.25) is 15.1 Å². The Balaban J connectivity index is 2.04. The summed E-state index contributed by atoms with van der Waals surface area (Å²) in [6.07, 6.45) is 0.0264. The minimum atomic E-state index is -0.333. The first-order chi connectivity index (χ1) is 11.9. The van der Waals surface area contributed by atoms with Gasteiger partial charge in [0.25, 0.3) is 5.56 Å². The van der Waals surface area contributed by atoms with Crippen LogP contribution in [0.5, 0.6) is 0 Å². The molecule has 0 amide bonds. The summed E-state index contributed by atoms with van der Waals surface area (Å²) in [5.41, 5.74) is 4.48. The van der Waals surface area contributed by atoms with Crippen LogP contribution in [0.1, 0.15) is 28.1 Å². The van der Waals surface area contributed by atoms with Crippen molar-refractivity contribution in [3.05, 3.63) is 50.6 Å². The zero-order chi connectivity index (χ0) is 18.1. The predicted molar refractivity (Wildman–Crippen MR) is 95.9 cm³/mol. The number of benzene rings is 1. The Hall–Kier alpha value is -3.27. The van der Waals surface area contributed by atoms with E-state index in [4.69, 9.17) is 5.26 Å². The summed E-state index contributed by atoms with van der Waals surface area (Å²) in [5, 5.41) is 12.7. The molecule has 3 rings (SSSR count). The predicted octanol–water partition coefficient (Wildman–Crippen LogP) is 2.76. The molecule has 0 aliphatic carbocycles. The van der Waals surface area contributed by atoms with E-state index in [1.54, 1.807) is 6.92 Å². The Bertz CT molecular complexity index is 1080. The molecule has 7 nitrogen and oxygen atoms in total. The Morgan fingerprint density at radius 3 is 2.56 bits per heavy atom. The van der Waals surface area contributed by atoms with E-state index >= 15 is 0 Å². The van der Waals surface area contributed by atoms with E-state index in [1.807, 2.05) is 26.8 Å². The van der Waals surface area contributed by atoms with Gasteiger partial charge in [0.2, 0.25) is 11.9 Å². The second-order valence-electron chi connectivity index (χ2n) is 6.05. The molecular formula is C18H18N6O. The summed E-state index contributed by atoms with van der Waals surface area (Å²) in [7, 11) is 0. The molecule has 2 heterocycles. The number of aromatic nitrogens is 4. The van der Waals surface area contributed by atoms with E-state index in [0.29, 0.717) is 17.2 Å². The number of H-pyrrole nitrogens is 1. The molecule has 0 saturated carbocycles. The Kier molecular flexibility index (Phi) is 4.19. The number of anilines is 2. The van der Waals surface area contributed by atoms with Crippen molar-refractivity contribution in [3.8, 4) is 6.07 Å². The lowest BCUT2D eigenvalue weighted by atomic mass is 10.1. The molecule has 25 heavy (non-hydrogen) atoms. The van der Waals surface area contributed by atoms with Crippen molar-refractivity contribution in [2.24, 2.45) is 0 Å². The molecule has 0 aliphatic rings. The largest absolute Gasteiger partial charge is 0.294 e. The van der Waals surface area contributed by atoms with Gasteiger partial charge in [-0.05, 0) is 39.3 Å². The van der Waals surface area contributed by atoms with Crippen LogP contribution < -0.4 is 10.9 Å². The summed E-state index contributed by atoms with van der Waals surface area (Å²) < 4.78 is 0. The lowest BCUT2D eigenvalue weighted by Crippen LogP contribution is -2.18. The molecule has 2 aromatic heterocycles. The van der Waals surface area contributed by atoms with Crippen molar-refractivity contribution in [2.75, 3.05) is 5.32 Å². The summed E-state index contributed by atoms with van der Waals surface area (Å²) in [5.74, 6) is 0.625. The monoisotopic (exact) mass is 334 g/mol. The number of aromatic amines is 1. The third kappa shape index (κ3) is 3.19. The van der Waals surface area contributed by atoms with Crippen LogP contribution in [0.3, 0.4) is 0 Å². The van der Waals surface area contributed by atoms with Gasteiger partial charge in [-0.15, -0.1) is 0 Å². The lowest BCUT2D eigenvalue weighted by Gasteiger charge is -2.10. The van der Waals surface area contributed by atoms with Crippen LogP contribution in [0, 0.1) is 39.0 Å². The lowest BCUT2D eigenvalue weighted by molar-refractivity contribution is 0.991. The highest BCUT2D eigenvalue weighted by molar-refractivity contribution is 5.85. The summed E-state index contributed by atoms with van der Waals surface area (Å²) in [4.78, 5) is 28.0. The minimum absolute atomic E-state index is 0.0264. The van der Waals surface area contributed by atoms with E-state index in [0.717, 1.165) is 27.7 Å². The average Bonchev–Trinajstić information content (AvgIpc) is 2.52. The van der Waals surface area contributed by atoms with Gasteiger partial charge in [-0.1, -0.05) is 11.6 Å². The van der Waals surface area contributed by atoms with Crippen molar-refractivity contribution < 1.29 is 0 Å². The molecular weight excluding hydrogens is 316 g/mol. The van der Waals surface area contributed by atoms with Crippen LogP contribution in [-0.4, -0.2) is 19.9 Å². The fraction of sp³-hybridized carbons (Fsp3) is 0.278. The zero-order valence-electron chi connectivity index (χ0n) is 14.6. The summed E-state index contributed by atoms with van der Waals surface area (Å²) in [6.45, 7) is 7.67. The van der Waals surface area contributed by atoms with Crippen LogP contribution in [0.25, 0.3) is 10.9 Å². The van der Waals surface area contributed by atoms with E-state index in [2.05, 4.69) is 37.4 Å². The van der Waals surface area contributed by atoms with Gasteiger partial charge in [0.1, 0.15) is 0 Å². The number of nitriles is 1. The van der Waals surface area contributed by atoms with Crippen molar-refractivity contribution in [1.29, 1.82) is 5.26 Å². The highest BCUT2D eigenvalue weighted by Crippen LogP contribution is 2.23. The molecule has 3 aromatic rings. The maximum atomic E-state index is 12.1. The maximum absolute atomic E-state index is 12.1. The van der Waals surface area contributed by atoms with Gasteiger partial charge in [-0.25, -0.2) is 15.0 Å². The van der Waals surface area contributed by atoms with E-state index < -0.39 is 0 Å². The Morgan fingerprint density at radius 1 is 1.12 bits per heavy atom. The number of rotatable bonds is 3. The number of hydrogen-bond acceptors (Lipinski definition) is 6. The number of hydrogen-bond donors (Lipinski definition) is 2. The quantitative estimate of drug-likeness (QED) is 0.762. The van der Waals surface area contributed by atoms with E-state index in [-0.39, 0.29) is 17.9 Å². The molecule has 0 unspecified atom stereocenters. The topological polar surface area (TPSA) is 107 Å². The maximum Gasteiger partial charge on any atom is 0.256 e. The fourth-order valence-electron chi connectivity index (χ4n) is 2.85. The molecule has 0 fully saturated rings. The normalized spacial score (nSPS) is 10.7. The molecule has 0 atom stereocenters. The highest BCUT2D eigenvalue weighted by Gasteiger charge is 2.11. The molecule has 0 aliphatic heterocycles. The molecule has 0 saturated heterocycles. The van der Waals surface area contributed by atoms with Gasteiger partial charge in [0, 0.05) is 5.39 Å². The first-order valence-electron chi connectivity index (χ1n) is 7.88. The first-order valence-corrected chi connectivity index (χ1v) is 7.88. The standard InChI is InChI=1S/C18H18N6O/c1-9-7-10(2)15-14(8-9)12(4)21-17(22-15)24-18-20-11(3)13(5-6-19)16(25)23-18/h7-8H,5H2,1-4H3,(H2,20,21,22,23,24,25). The SMILES string of the molecule is Cc1cc(C)c2nc(Nc3nc(C)c(CC#N)c(=O)[nH]3)nc(C)c2c1. The van der Waals surface area contributed by atoms with Crippen molar-refractivity contribution in [3.63, 3.8) is 0 Å². The third-order valence-corrected chi connectivity index (χ3v) is 4.03.